The van der Waals surface area contributed by atoms with Gasteiger partial charge in [-0.15, -0.1) is 0 Å². The highest BCUT2D eigenvalue weighted by Crippen LogP contribution is 2.25. The molecule has 0 unspecified atom stereocenters. The zero-order valence-electron chi connectivity index (χ0n) is 10.4. The summed E-state index contributed by atoms with van der Waals surface area (Å²) < 4.78 is 2.00. The number of aryl methyl sites for hydroxylation is 1. The summed E-state index contributed by atoms with van der Waals surface area (Å²) in [5, 5.41) is 2.95. The van der Waals surface area contributed by atoms with Crippen LogP contribution in [0.3, 0.4) is 0 Å². The first-order chi connectivity index (χ1) is 8.12. The molecule has 1 fully saturated rings. The third-order valence-corrected chi connectivity index (χ3v) is 3.68. The van der Waals surface area contributed by atoms with Crippen LogP contribution in [0, 0.1) is 0 Å². The van der Waals surface area contributed by atoms with Gasteiger partial charge in [-0.05, 0) is 25.0 Å². The molecule has 1 aliphatic rings. The van der Waals surface area contributed by atoms with Gasteiger partial charge in [0.05, 0.1) is 12.1 Å². The molecule has 4 nitrogen and oxygen atoms in total. The highest BCUT2D eigenvalue weighted by Gasteiger charge is 2.34. The molecule has 17 heavy (non-hydrogen) atoms. The van der Waals surface area contributed by atoms with E-state index in [4.69, 9.17) is 5.73 Å². The van der Waals surface area contributed by atoms with Crippen LogP contribution in [0.1, 0.15) is 37.8 Å². The van der Waals surface area contributed by atoms with Crippen LogP contribution in [0.25, 0.3) is 0 Å². The number of nitrogens with zero attached hydrogens (tertiary/aromatic N) is 1. The van der Waals surface area contributed by atoms with Crippen LogP contribution in [-0.4, -0.2) is 16.0 Å². The van der Waals surface area contributed by atoms with Gasteiger partial charge in [-0.25, -0.2) is 0 Å². The Hall–Kier alpha value is -1.29. The van der Waals surface area contributed by atoms with Gasteiger partial charge in [0.1, 0.15) is 0 Å². The standard InChI is InChI=1S/C13H21N3O/c1-16-9-5-6-11(16)10-15-12(17)13(14)7-3-2-4-8-13/h5-6,9H,2-4,7-8,10,14H2,1H3,(H,15,17). The summed E-state index contributed by atoms with van der Waals surface area (Å²) in [4.78, 5) is 12.1. The van der Waals surface area contributed by atoms with E-state index in [2.05, 4.69) is 5.32 Å². The van der Waals surface area contributed by atoms with Crippen LogP contribution in [-0.2, 0) is 18.4 Å². The minimum Gasteiger partial charge on any atom is -0.353 e. The molecule has 1 amide bonds. The molecular weight excluding hydrogens is 214 g/mol. The minimum absolute atomic E-state index is 0.00148. The van der Waals surface area contributed by atoms with E-state index in [0.29, 0.717) is 6.54 Å². The number of nitrogens with two attached hydrogens (primary N) is 1. The molecule has 0 saturated heterocycles. The highest BCUT2D eigenvalue weighted by atomic mass is 16.2. The van der Waals surface area contributed by atoms with Gasteiger partial charge in [-0.2, -0.15) is 0 Å². The second-order valence-electron chi connectivity index (χ2n) is 5.01. The largest absolute Gasteiger partial charge is 0.353 e. The summed E-state index contributed by atoms with van der Waals surface area (Å²) >= 11 is 0. The Morgan fingerprint density at radius 3 is 2.76 bits per heavy atom. The van der Waals surface area contributed by atoms with E-state index in [-0.39, 0.29) is 5.91 Å². The predicted octanol–water partition coefficient (Wildman–Crippen LogP) is 1.30. The lowest BCUT2D eigenvalue weighted by molar-refractivity contribution is -0.127. The highest BCUT2D eigenvalue weighted by molar-refractivity contribution is 5.86. The fourth-order valence-electron chi connectivity index (χ4n) is 2.44. The topological polar surface area (TPSA) is 60.0 Å². The first kappa shape index (κ1) is 12.2. The van der Waals surface area contributed by atoms with E-state index < -0.39 is 5.54 Å². The fraction of sp³-hybridized carbons (Fsp3) is 0.615. The molecule has 1 aliphatic carbocycles. The van der Waals surface area contributed by atoms with Crippen molar-refractivity contribution < 1.29 is 4.79 Å². The lowest BCUT2D eigenvalue weighted by Crippen LogP contribution is -2.54. The molecule has 0 atom stereocenters. The number of aromatic nitrogens is 1. The average molecular weight is 235 g/mol. The van der Waals surface area contributed by atoms with Crippen molar-refractivity contribution in [3.05, 3.63) is 24.0 Å². The van der Waals surface area contributed by atoms with Gasteiger partial charge in [-0.3, -0.25) is 4.79 Å². The molecule has 3 N–H and O–H groups in total. The van der Waals surface area contributed by atoms with Crippen LogP contribution in [0.4, 0.5) is 0 Å². The van der Waals surface area contributed by atoms with Gasteiger partial charge in [0.25, 0.3) is 0 Å². The van der Waals surface area contributed by atoms with Crippen LogP contribution in [0.15, 0.2) is 18.3 Å². The molecule has 0 bridgehead atoms. The quantitative estimate of drug-likeness (QED) is 0.829. The van der Waals surface area contributed by atoms with Crippen LogP contribution >= 0.6 is 0 Å². The third kappa shape index (κ3) is 2.69. The number of carbonyl (C=O) groups excluding carboxylic acids is 1. The molecule has 1 aromatic rings. The Morgan fingerprint density at radius 1 is 1.47 bits per heavy atom. The Kier molecular flexibility index (Phi) is 3.52. The first-order valence-corrected chi connectivity index (χ1v) is 6.29. The van der Waals surface area contributed by atoms with Crippen molar-refractivity contribution in [1.82, 2.24) is 9.88 Å². The molecule has 0 spiro atoms. The zero-order valence-corrected chi connectivity index (χ0v) is 10.4. The monoisotopic (exact) mass is 235 g/mol. The molecule has 1 aromatic heterocycles. The number of carbonyl (C=O) groups is 1. The summed E-state index contributed by atoms with van der Waals surface area (Å²) in [7, 11) is 1.97. The van der Waals surface area contributed by atoms with Gasteiger partial charge >= 0.3 is 0 Å². The Balaban J connectivity index is 1.91. The maximum Gasteiger partial charge on any atom is 0.240 e. The second kappa shape index (κ2) is 4.92. The number of nitrogens with one attached hydrogen (secondary N) is 1. The molecule has 0 radical (unpaired) electrons. The van der Waals surface area contributed by atoms with Crippen LogP contribution in [0.5, 0.6) is 0 Å². The third-order valence-electron chi connectivity index (χ3n) is 3.68. The maximum atomic E-state index is 12.1. The Morgan fingerprint density at radius 2 is 2.18 bits per heavy atom. The summed E-state index contributed by atoms with van der Waals surface area (Å²) in [6, 6.07) is 3.98. The van der Waals surface area contributed by atoms with Gasteiger partial charge in [-0.1, -0.05) is 19.3 Å². The van der Waals surface area contributed by atoms with Crippen molar-refractivity contribution in [3.8, 4) is 0 Å². The zero-order chi connectivity index (χ0) is 12.3. The van der Waals surface area contributed by atoms with E-state index in [0.717, 1.165) is 31.4 Å². The van der Waals surface area contributed by atoms with Gasteiger partial charge in [0.2, 0.25) is 5.91 Å². The lowest BCUT2D eigenvalue weighted by Gasteiger charge is -2.31. The van der Waals surface area contributed by atoms with Crippen molar-refractivity contribution in [2.24, 2.45) is 12.8 Å². The normalized spacial score (nSPS) is 18.9. The van der Waals surface area contributed by atoms with Crippen LogP contribution < -0.4 is 11.1 Å². The van der Waals surface area contributed by atoms with E-state index >= 15 is 0 Å². The number of hydrogen-bond donors (Lipinski definition) is 2. The maximum absolute atomic E-state index is 12.1. The van der Waals surface area contributed by atoms with Gasteiger partial charge in [0, 0.05) is 18.9 Å². The average Bonchev–Trinajstić information content (AvgIpc) is 2.73. The summed E-state index contributed by atoms with van der Waals surface area (Å²) in [6.07, 6.45) is 6.92. The van der Waals surface area contributed by atoms with Crippen molar-refractivity contribution in [2.75, 3.05) is 0 Å². The summed E-state index contributed by atoms with van der Waals surface area (Å²) in [5.74, 6) is -0.00148. The van der Waals surface area contributed by atoms with Gasteiger partial charge in [0.15, 0.2) is 0 Å². The number of amides is 1. The smallest absolute Gasteiger partial charge is 0.240 e. The molecular formula is C13H21N3O. The molecule has 1 heterocycles. The molecule has 0 aliphatic heterocycles. The summed E-state index contributed by atoms with van der Waals surface area (Å²) in [6.45, 7) is 0.557. The first-order valence-electron chi connectivity index (χ1n) is 6.29. The van der Waals surface area contributed by atoms with Crippen LogP contribution in [0.2, 0.25) is 0 Å². The minimum atomic E-state index is -0.636. The predicted molar refractivity (Wildman–Crippen MR) is 67.3 cm³/mol. The molecule has 4 heteroatoms. The SMILES string of the molecule is Cn1cccc1CNC(=O)C1(N)CCCCC1. The van der Waals surface area contributed by atoms with E-state index in [1.807, 2.05) is 29.9 Å². The molecule has 1 saturated carbocycles. The molecule has 2 rings (SSSR count). The number of rotatable bonds is 3. The lowest BCUT2D eigenvalue weighted by atomic mass is 9.82. The van der Waals surface area contributed by atoms with Crippen molar-refractivity contribution in [2.45, 2.75) is 44.2 Å². The van der Waals surface area contributed by atoms with Crippen molar-refractivity contribution >= 4 is 5.91 Å². The number of hydrogen-bond acceptors (Lipinski definition) is 2. The van der Waals surface area contributed by atoms with Crippen molar-refractivity contribution in [3.63, 3.8) is 0 Å². The molecule has 94 valence electrons. The van der Waals surface area contributed by atoms with Gasteiger partial charge < -0.3 is 15.6 Å². The van der Waals surface area contributed by atoms with E-state index in [9.17, 15) is 4.79 Å². The van der Waals surface area contributed by atoms with E-state index in [1.54, 1.807) is 0 Å². The molecule has 0 aromatic carbocycles. The fourth-order valence-corrected chi connectivity index (χ4v) is 2.44. The van der Waals surface area contributed by atoms with Crippen molar-refractivity contribution in [1.29, 1.82) is 0 Å². The Bertz CT molecular complexity index is 391. The second-order valence-corrected chi connectivity index (χ2v) is 5.01. The Labute approximate surface area is 102 Å². The summed E-state index contributed by atoms with van der Waals surface area (Å²) in [5.41, 5.74) is 6.62. The van der Waals surface area contributed by atoms with E-state index in [1.165, 1.54) is 6.42 Å².